The Labute approximate surface area is 116 Å². The van der Waals surface area contributed by atoms with Crippen molar-refractivity contribution in [2.24, 2.45) is 5.73 Å². The molecular weight excluding hydrogens is 267 g/mol. The van der Waals surface area contributed by atoms with Gasteiger partial charge in [0.2, 0.25) is 0 Å². The average Bonchev–Trinajstić information content (AvgIpc) is 2.35. The van der Waals surface area contributed by atoms with Crippen molar-refractivity contribution in [3.05, 3.63) is 51.9 Å². The first-order valence-electron chi connectivity index (χ1n) is 5.80. The van der Waals surface area contributed by atoms with E-state index in [2.05, 4.69) is 4.98 Å². The van der Waals surface area contributed by atoms with E-state index < -0.39 is 5.82 Å². The molecule has 1 aromatic carbocycles. The Hall–Kier alpha value is -1.65. The maximum atomic E-state index is 13.7. The minimum atomic E-state index is -0.589. The standard InChI is InChI=1S/C14H14ClFN2O/c1-8-3-10(6-17)4-9(2)13(8)19-14-12(16)5-11(15)7-18-14/h3-5,7H,6,17H2,1-2H3. The van der Waals surface area contributed by atoms with Gasteiger partial charge in [0.1, 0.15) is 5.75 Å². The molecule has 0 bridgehead atoms. The smallest absolute Gasteiger partial charge is 0.255 e. The van der Waals surface area contributed by atoms with Crippen LogP contribution in [0.1, 0.15) is 16.7 Å². The molecule has 19 heavy (non-hydrogen) atoms. The van der Waals surface area contributed by atoms with Gasteiger partial charge in [0.05, 0.1) is 5.02 Å². The number of hydrogen-bond donors (Lipinski definition) is 1. The molecule has 0 unspecified atom stereocenters. The van der Waals surface area contributed by atoms with Gasteiger partial charge >= 0.3 is 0 Å². The summed E-state index contributed by atoms with van der Waals surface area (Å²) in [6.45, 7) is 4.22. The molecule has 0 saturated carbocycles. The van der Waals surface area contributed by atoms with Crippen LogP contribution >= 0.6 is 11.6 Å². The Balaban J connectivity index is 2.38. The summed E-state index contributed by atoms with van der Waals surface area (Å²) in [5.41, 5.74) is 8.38. The van der Waals surface area contributed by atoms with Crippen LogP contribution in [0.5, 0.6) is 11.6 Å². The zero-order valence-corrected chi connectivity index (χ0v) is 11.5. The predicted octanol–water partition coefficient (Wildman–Crippen LogP) is 3.74. The number of pyridine rings is 1. The van der Waals surface area contributed by atoms with Gasteiger partial charge in [0.25, 0.3) is 5.88 Å². The number of ether oxygens (including phenoxy) is 1. The van der Waals surface area contributed by atoms with Crippen LogP contribution in [0.2, 0.25) is 5.02 Å². The number of nitrogens with zero attached hydrogens (tertiary/aromatic N) is 1. The van der Waals surface area contributed by atoms with Crippen molar-refractivity contribution in [1.82, 2.24) is 4.98 Å². The van der Waals surface area contributed by atoms with Crippen LogP contribution in [0.15, 0.2) is 24.4 Å². The maximum absolute atomic E-state index is 13.7. The van der Waals surface area contributed by atoms with Crippen LogP contribution in [-0.2, 0) is 6.54 Å². The molecule has 1 heterocycles. The Bertz CT molecular complexity index is 593. The molecule has 0 aliphatic heterocycles. The van der Waals surface area contributed by atoms with E-state index in [0.29, 0.717) is 12.3 Å². The summed E-state index contributed by atoms with van der Waals surface area (Å²) in [6, 6.07) is 5.00. The van der Waals surface area contributed by atoms with Crippen molar-refractivity contribution in [2.45, 2.75) is 20.4 Å². The highest BCUT2D eigenvalue weighted by molar-refractivity contribution is 6.30. The average molecular weight is 281 g/mol. The lowest BCUT2D eigenvalue weighted by Crippen LogP contribution is -2.00. The van der Waals surface area contributed by atoms with E-state index in [1.165, 1.54) is 12.3 Å². The summed E-state index contributed by atoms with van der Waals surface area (Å²) in [5.74, 6) is -0.0868. The molecular formula is C14H14ClFN2O. The minimum absolute atomic E-state index is 0.0869. The van der Waals surface area contributed by atoms with E-state index >= 15 is 0 Å². The van der Waals surface area contributed by atoms with Crippen LogP contribution in [0.4, 0.5) is 4.39 Å². The van der Waals surface area contributed by atoms with E-state index in [1.807, 2.05) is 26.0 Å². The van der Waals surface area contributed by atoms with Crippen molar-refractivity contribution in [3.63, 3.8) is 0 Å². The van der Waals surface area contributed by atoms with Crippen LogP contribution in [-0.4, -0.2) is 4.98 Å². The van der Waals surface area contributed by atoms with Gasteiger partial charge in [-0.1, -0.05) is 23.7 Å². The normalized spacial score (nSPS) is 10.6. The highest BCUT2D eigenvalue weighted by Gasteiger charge is 2.12. The van der Waals surface area contributed by atoms with Crippen molar-refractivity contribution >= 4 is 11.6 Å². The van der Waals surface area contributed by atoms with E-state index in [0.717, 1.165) is 16.7 Å². The third kappa shape index (κ3) is 3.03. The lowest BCUT2D eigenvalue weighted by atomic mass is 10.1. The number of halogens is 2. The molecule has 0 radical (unpaired) electrons. The van der Waals surface area contributed by atoms with Crippen molar-refractivity contribution in [2.75, 3.05) is 0 Å². The first-order valence-corrected chi connectivity index (χ1v) is 6.18. The second kappa shape index (κ2) is 5.55. The predicted molar refractivity (Wildman–Crippen MR) is 73.1 cm³/mol. The maximum Gasteiger partial charge on any atom is 0.255 e. The zero-order valence-electron chi connectivity index (χ0n) is 10.7. The largest absolute Gasteiger partial charge is 0.436 e. The van der Waals surface area contributed by atoms with E-state index in [4.69, 9.17) is 22.1 Å². The van der Waals surface area contributed by atoms with Gasteiger partial charge in [-0.15, -0.1) is 0 Å². The number of nitrogens with two attached hydrogens (primary N) is 1. The zero-order chi connectivity index (χ0) is 14.0. The number of benzene rings is 1. The molecule has 0 spiro atoms. The Morgan fingerprint density at radius 2 is 1.89 bits per heavy atom. The van der Waals surface area contributed by atoms with E-state index in [9.17, 15) is 4.39 Å². The van der Waals surface area contributed by atoms with Gasteiger partial charge in [0, 0.05) is 12.7 Å². The topological polar surface area (TPSA) is 48.1 Å². The third-order valence-corrected chi connectivity index (χ3v) is 2.94. The molecule has 0 atom stereocenters. The van der Waals surface area contributed by atoms with Gasteiger partial charge in [-0.05, 0) is 36.6 Å². The molecule has 3 nitrogen and oxygen atoms in total. The van der Waals surface area contributed by atoms with Gasteiger partial charge < -0.3 is 10.5 Å². The highest BCUT2D eigenvalue weighted by Crippen LogP contribution is 2.30. The van der Waals surface area contributed by atoms with Crippen LogP contribution in [0, 0.1) is 19.7 Å². The Kier molecular flexibility index (Phi) is 4.02. The van der Waals surface area contributed by atoms with Crippen LogP contribution < -0.4 is 10.5 Å². The minimum Gasteiger partial charge on any atom is -0.436 e. The molecule has 0 fully saturated rings. The molecule has 5 heteroatoms. The molecule has 0 aliphatic carbocycles. The molecule has 100 valence electrons. The van der Waals surface area contributed by atoms with E-state index in [-0.39, 0.29) is 10.9 Å². The number of aryl methyl sites for hydroxylation is 2. The van der Waals surface area contributed by atoms with Crippen molar-refractivity contribution in [3.8, 4) is 11.6 Å². The van der Waals surface area contributed by atoms with Gasteiger partial charge in [-0.25, -0.2) is 9.37 Å². The molecule has 1 aromatic heterocycles. The molecule has 2 rings (SSSR count). The second-order valence-corrected chi connectivity index (χ2v) is 4.74. The van der Waals surface area contributed by atoms with Gasteiger partial charge in [-0.2, -0.15) is 0 Å². The summed E-state index contributed by atoms with van der Waals surface area (Å²) in [5, 5.41) is 0.233. The molecule has 0 aliphatic rings. The Morgan fingerprint density at radius 3 is 2.42 bits per heavy atom. The Morgan fingerprint density at radius 1 is 1.26 bits per heavy atom. The molecule has 0 amide bonds. The highest BCUT2D eigenvalue weighted by atomic mass is 35.5. The van der Waals surface area contributed by atoms with Crippen molar-refractivity contribution < 1.29 is 9.13 Å². The molecule has 2 aromatic rings. The quantitative estimate of drug-likeness (QED) is 0.932. The van der Waals surface area contributed by atoms with Crippen LogP contribution in [0.3, 0.4) is 0 Å². The third-order valence-electron chi connectivity index (χ3n) is 2.73. The number of rotatable bonds is 3. The van der Waals surface area contributed by atoms with Crippen molar-refractivity contribution in [1.29, 1.82) is 0 Å². The number of aromatic nitrogens is 1. The summed E-state index contributed by atoms with van der Waals surface area (Å²) >= 11 is 5.65. The summed E-state index contributed by atoms with van der Waals surface area (Å²) in [7, 11) is 0. The fourth-order valence-corrected chi connectivity index (χ4v) is 2.04. The first-order chi connectivity index (χ1) is 9.01. The summed E-state index contributed by atoms with van der Waals surface area (Å²) in [4.78, 5) is 3.84. The molecule has 0 saturated heterocycles. The van der Waals surface area contributed by atoms with E-state index in [1.54, 1.807) is 0 Å². The summed E-state index contributed by atoms with van der Waals surface area (Å²) < 4.78 is 19.2. The lowest BCUT2D eigenvalue weighted by Gasteiger charge is -2.13. The fourth-order valence-electron chi connectivity index (χ4n) is 1.89. The monoisotopic (exact) mass is 280 g/mol. The number of hydrogen-bond acceptors (Lipinski definition) is 3. The van der Waals surface area contributed by atoms with Gasteiger partial charge in [0.15, 0.2) is 5.82 Å². The SMILES string of the molecule is Cc1cc(CN)cc(C)c1Oc1ncc(Cl)cc1F. The first kappa shape index (κ1) is 13.8. The second-order valence-electron chi connectivity index (χ2n) is 4.31. The summed E-state index contributed by atoms with van der Waals surface area (Å²) in [6.07, 6.45) is 1.35. The lowest BCUT2D eigenvalue weighted by molar-refractivity contribution is 0.417. The molecule has 2 N–H and O–H groups in total. The fraction of sp³-hybridized carbons (Fsp3) is 0.214. The van der Waals surface area contributed by atoms with Crippen LogP contribution in [0.25, 0.3) is 0 Å². The van der Waals surface area contributed by atoms with Gasteiger partial charge in [-0.3, -0.25) is 0 Å².